The van der Waals surface area contributed by atoms with Gasteiger partial charge in [-0.25, -0.2) is 14.2 Å². The fourth-order valence-electron chi connectivity index (χ4n) is 4.65. The lowest BCUT2D eigenvalue weighted by Gasteiger charge is -2.24. The molecule has 0 amide bonds. The summed E-state index contributed by atoms with van der Waals surface area (Å²) in [6.45, 7) is 7.77. The highest BCUT2D eigenvalue weighted by molar-refractivity contribution is 9.10. The van der Waals surface area contributed by atoms with Crippen molar-refractivity contribution in [1.82, 2.24) is 4.57 Å². The summed E-state index contributed by atoms with van der Waals surface area (Å²) in [4.78, 5) is 32.1. The van der Waals surface area contributed by atoms with E-state index in [9.17, 15) is 14.0 Å². The number of esters is 1. The van der Waals surface area contributed by atoms with Crippen LogP contribution in [0.4, 0.5) is 4.39 Å². The van der Waals surface area contributed by atoms with Crippen molar-refractivity contribution in [3.63, 3.8) is 0 Å². The molecule has 0 fully saturated rings. The molecule has 2 heterocycles. The zero-order chi connectivity index (χ0) is 30.5. The van der Waals surface area contributed by atoms with Gasteiger partial charge < -0.3 is 14.2 Å². The third-order valence-electron chi connectivity index (χ3n) is 6.68. The van der Waals surface area contributed by atoms with Gasteiger partial charge in [-0.2, -0.15) is 0 Å². The molecule has 3 aromatic carbocycles. The minimum absolute atomic E-state index is 0.0761. The molecule has 1 aliphatic rings. The number of rotatable bonds is 10. The summed E-state index contributed by atoms with van der Waals surface area (Å²) in [7, 11) is 0. The van der Waals surface area contributed by atoms with Crippen LogP contribution in [0.1, 0.15) is 36.6 Å². The molecule has 10 heteroatoms. The predicted molar refractivity (Wildman–Crippen MR) is 167 cm³/mol. The van der Waals surface area contributed by atoms with Crippen molar-refractivity contribution in [2.75, 3.05) is 13.2 Å². The highest BCUT2D eigenvalue weighted by atomic mass is 79.9. The van der Waals surface area contributed by atoms with Crippen LogP contribution in [0.2, 0.25) is 0 Å². The van der Waals surface area contributed by atoms with E-state index < -0.39 is 12.0 Å². The molecule has 4 aromatic rings. The minimum atomic E-state index is -0.730. The van der Waals surface area contributed by atoms with Crippen molar-refractivity contribution in [2.45, 2.75) is 26.5 Å². The molecule has 5 rings (SSSR count). The van der Waals surface area contributed by atoms with E-state index in [-0.39, 0.29) is 24.6 Å². The van der Waals surface area contributed by atoms with Gasteiger partial charge in [0, 0.05) is 5.56 Å². The molecule has 0 N–H and O–H groups in total. The smallest absolute Gasteiger partial charge is 0.338 e. The second-order valence-electron chi connectivity index (χ2n) is 9.54. The number of hydrogen-bond donors (Lipinski definition) is 0. The van der Waals surface area contributed by atoms with Crippen LogP contribution in [0.3, 0.4) is 0 Å². The van der Waals surface area contributed by atoms with Gasteiger partial charge in [0.05, 0.1) is 32.9 Å². The zero-order valence-corrected chi connectivity index (χ0v) is 25.9. The normalized spacial score (nSPS) is 14.6. The van der Waals surface area contributed by atoms with Crippen LogP contribution in [-0.4, -0.2) is 23.8 Å². The first-order chi connectivity index (χ1) is 20.8. The van der Waals surface area contributed by atoms with E-state index in [2.05, 4.69) is 27.5 Å². The van der Waals surface area contributed by atoms with Crippen LogP contribution in [0.25, 0.3) is 6.08 Å². The van der Waals surface area contributed by atoms with Crippen molar-refractivity contribution >= 4 is 39.3 Å². The fourth-order valence-corrected chi connectivity index (χ4v) is 6.21. The summed E-state index contributed by atoms with van der Waals surface area (Å²) >= 11 is 4.76. The number of hydrogen-bond acceptors (Lipinski definition) is 7. The van der Waals surface area contributed by atoms with Gasteiger partial charge in [-0.1, -0.05) is 60.4 Å². The van der Waals surface area contributed by atoms with E-state index in [0.717, 1.165) is 11.1 Å². The number of fused-ring (bicyclic) bond motifs is 1. The molecule has 0 spiro atoms. The van der Waals surface area contributed by atoms with Crippen LogP contribution in [0, 0.1) is 5.82 Å². The summed E-state index contributed by atoms with van der Waals surface area (Å²) in [5, 5.41) is 0. The number of halogens is 2. The largest absolute Gasteiger partial charge is 0.490 e. The predicted octanol–water partition coefficient (Wildman–Crippen LogP) is 5.84. The number of ether oxygens (including phenoxy) is 3. The average Bonchev–Trinajstić information content (AvgIpc) is 3.29. The number of thiazole rings is 1. The number of nitrogens with zero attached hydrogens (tertiary/aromatic N) is 2. The lowest BCUT2D eigenvalue weighted by atomic mass is 9.96. The quantitative estimate of drug-likeness (QED) is 0.157. The van der Waals surface area contributed by atoms with Crippen LogP contribution >= 0.6 is 27.3 Å². The summed E-state index contributed by atoms with van der Waals surface area (Å²) in [6.07, 6.45) is 3.42. The summed E-state index contributed by atoms with van der Waals surface area (Å²) in [6, 6.07) is 18.4. The molecule has 0 saturated carbocycles. The van der Waals surface area contributed by atoms with Gasteiger partial charge in [0.15, 0.2) is 4.80 Å². The highest BCUT2D eigenvalue weighted by Gasteiger charge is 2.33. The Bertz CT molecular complexity index is 1900. The Morgan fingerprint density at radius 2 is 1.91 bits per heavy atom. The molecule has 220 valence electrons. The number of allylic oxidation sites excluding steroid dienone is 1. The first-order valence-corrected chi connectivity index (χ1v) is 15.1. The molecule has 0 bridgehead atoms. The Hall–Kier alpha value is -4.28. The second-order valence-corrected chi connectivity index (χ2v) is 11.4. The van der Waals surface area contributed by atoms with Crippen molar-refractivity contribution in [1.29, 1.82) is 0 Å². The number of aromatic nitrogens is 1. The summed E-state index contributed by atoms with van der Waals surface area (Å²) in [5.41, 5.74) is 2.42. The lowest BCUT2D eigenvalue weighted by Crippen LogP contribution is -2.39. The molecule has 1 atom stereocenters. The monoisotopic (exact) mass is 662 g/mol. The molecule has 0 radical (unpaired) electrons. The molecule has 0 aliphatic carbocycles. The second kappa shape index (κ2) is 13.4. The topological polar surface area (TPSA) is 79.1 Å². The third kappa shape index (κ3) is 6.55. The van der Waals surface area contributed by atoms with Crippen LogP contribution in [0.15, 0.2) is 105 Å². The number of benzene rings is 3. The van der Waals surface area contributed by atoms with E-state index in [1.54, 1.807) is 62.4 Å². The van der Waals surface area contributed by atoms with Crippen LogP contribution in [-0.2, 0) is 16.1 Å². The van der Waals surface area contributed by atoms with Crippen LogP contribution < -0.4 is 24.4 Å². The molecule has 1 unspecified atom stereocenters. The Morgan fingerprint density at radius 1 is 1.14 bits per heavy atom. The van der Waals surface area contributed by atoms with Gasteiger partial charge >= 0.3 is 5.97 Å². The zero-order valence-electron chi connectivity index (χ0n) is 23.5. The van der Waals surface area contributed by atoms with Gasteiger partial charge in [-0.05, 0) is 77.3 Å². The van der Waals surface area contributed by atoms with Gasteiger partial charge in [0.2, 0.25) is 0 Å². The van der Waals surface area contributed by atoms with Crippen molar-refractivity contribution in [2.24, 2.45) is 4.99 Å². The van der Waals surface area contributed by atoms with E-state index >= 15 is 0 Å². The Morgan fingerprint density at radius 3 is 2.60 bits per heavy atom. The van der Waals surface area contributed by atoms with E-state index in [1.807, 2.05) is 24.3 Å². The summed E-state index contributed by atoms with van der Waals surface area (Å²) in [5.74, 6) is 0.325. The fraction of sp³-hybridized carbons (Fsp3) is 0.182. The Labute approximate surface area is 260 Å². The lowest BCUT2D eigenvalue weighted by molar-refractivity contribution is -0.139. The molecule has 1 aromatic heterocycles. The van der Waals surface area contributed by atoms with Crippen molar-refractivity contribution in [3.8, 4) is 11.5 Å². The standard InChI is InChI=1S/C33H28BrFN2O5S/c1-4-16-41-24-13-11-22(12-14-24)30-29(32(39)40-5-2)20(3)36-33-37(30)31(38)28(43-33)18-21-10-15-27(25(34)17-21)42-19-23-8-6-7-9-26(23)35/h4,6-15,17-18,30H,1,5,16,19H2,2-3H3. The average molecular weight is 664 g/mol. The molecule has 7 nitrogen and oxygen atoms in total. The van der Waals surface area contributed by atoms with Gasteiger partial charge in [-0.3, -0.25) is 9.36 Å². The van der Waals surface area contributed by atoms with Crippen molar-refractivity contribution in [3.05, 3.63) is 137 Å². The number of carbonyl (C=O) groups is 1. The van der Waals surface area contributed by atoms with E-state index in [0.29, 0.717) is 48.7 Å². The molecular formula is C33H28BrFN2O5S. The number of carbonyl (C=O) groups excluding carboxylic acids is 1. The van der Waals surface area contributed by atoms with Crippen molar-refractivity contribution < 1.29 is 23.4 Å². The maximum absolute atomic E-state index is 14.0. The highest BCUT2D eigenvalue weighted by Crippen LogP contribution is 2.32. The third-order valence-corrected chi connectivity index (χ3v) is 8.28. The van der Waals surface area contributed by atoms with Gasteiger partial charge in [-0.15, -0.1) is 0 Å². The van der Waals surface area contributed by atoms with E-state index in [1.165, 1.54) is 22.0 Å². The molecule has 43 heavy (non-hydrogen) atoms. The summed E-state index contributed by atoms with van der Waals surface area (Å²) < 4.78 is 33.4. The molecule has 1 aliphatic heterocycles. The Balaban J connectivity index is 1.51. The molecule has 0 saturated heterocycles. The first-order valence-electron chi connectivity index (χ1n) is 13.5. The minimum Gasteiger partial charge on any atom is -0.490 e. The van der Waals surface area contributed by atoms with Gasteiger partial charge in [0.1, 0.15) is 30.5 Å². The van der Waals surface area contributed by atoms with E-state index in [4.69, 9.17) is 14.2 Å². The molecular weight excluding hydrogens is 635 g/mol. The maximum atomic E-state index is 14.0. The van der Waals surface area contributed by atoms with Gasteiger partial charge in [0.25, 0.3) is 5.56 Å². The SMILES string of the molecule is C=CCOc1ccc(C2C(C(=O)OCC)=C(C)N=c3sc(=Cc4ccc(OCc5ccccc5F)c(Br)c4)c(=O)n32)cc1. The Kier molecular flexibility index (Phi) is 9.37. The first kappa shape index (κ1) is 30.2. The maximum Gasteiger partial charge on any atom is 0.338 e. The van der Waals surface area contributed by atoms with Crippen LogP contribution in [0.5, 0.6) is 11.5 Å².